The normalized spacial score (nSPS) is 13.3. The number of fused-ring (bicyclic) bond motifs is 14. The molecule has 0 saturated carbocycles. The van der Waals surface area contributed by atoms with Crippen molar-refractivity contribution in [3.05, 3.63) is 266 Å². The Balaban J connectivity index is 1.21. The summed E-state index contributed by atoms with van der Waals surface area (Å²) in [5.74, 6) is 0. The van der Waals surface area contributed by atoms with E-state index < -0.39 is 0 Å². The third kappa shape index (κ3) is 5.77. The summed E-state index contributed by atoms with van der Waals surface area (Å²) >= 11 is 0. The van der Waals surface area contributed by atoms with E-state index in [1.807, 2.05) is 0 Å². The Morgan fingerprint density at radius 1 is 0.186 bits per heavy atom. The first-order valence-electron chi connectivity index (χ1n) is 25.2. The second-order valence-electron chi connectivity index (χ2n) is 21.5. The van der Waals surface area contributed by atoms with E-state index in [1.54, 1.807) is 0 Å². The lowest BCUT2D eigenvalue weighted by Gasteiger charge is -2.18. The average molecular weight is 899 g/mol. The minimum Gasteiger partial charge on any atom is -0.0616 e. The lowest BCUT2D eigenvalue weighted by Crippen LogP contribution is -2.16. The monoisotopic (exact) mass is 898 g/mol. The van der Waals surface area contributed by atoms with Crippen LogP contribution in [0.5, 0.6) is 0 Å². The molecule has 0 amide bonds. The van der Waals surface area contributed by atoms with Gasteiger partial charge in [0.2, 0.25) is 0 Å². The van der Waals surface area contributed by atoms with Crippen LogP contribution in [0.15, 0.2) is 133 Å². The van der Waals surface area contributed by atoms with Gasteiger partial charge in [0.1, 0.15) is 0 Å². The van der Waals surface area contributed by atoms with Crippen LogP contribution < -0.4 is 20.9 Å². The maximum Gasteiger partial charge on any atom is -0.00134 e. The van der Waals surface area contributed by atoms with Gasteiger partial charge in [0.15, 0.2) is 0 Å². The zero-order chi connectivity index (χ0) is 48.3. The molecule has 0 aliphatic heterocycles. The molecule has 0 aromatic heterocycles. The van der Waals surface area contributed by atoms with Crippen molar-refractivity contribution < 1.29 is 0 Å². The van der Waals surface area contributed by atoms with Gasteiger partial charge in [0, 0.05) is 0 Å². The summed E-state index contributed by atoms with van der Waals surface area (Å²) in [4.78, 5) is 0. The predicted molar refractivity (Wildman–Crippen MR) is 296 cm³/mol. The fraction of sp³-hybridized carbons (Fsp3) is 0.171. The summed E-state index contributed by atoms with van der Waals surface area (Å²) in [7, 11) is 0. The maximum absolute atomic E-state index is 2.64. The number of benzene rings is 9. The van der Waals surface area contributed by atoms with Gasteiger partial charge >= 0.3 is 0 Å². The van der Waals surface area contributed by atoms with Crippen molar-refractivity contribution in [2.45, 2.75) is 83.1 Å². The molecule has 4 aliphatic rings. The molecule has 4 aliphatic carbocycles. The molecule has 338 valence electrons. The van der Waals surface area contributed by atoms with Gasteiger partial charge in [0.05, 0.1) is 0 Å². The van der Waals surface area contributed by atoms with Crippen molar-refractivity contribution in [2.24, 2.45) is 0 Å². The van der Waals surface area contributed by atoms with E-state index in [2.05, 4.69) is 217 Å². The van der Waals surface area contributed by atoms with E-state index in [0.717, 1.165) is 0 Å². The molecule has 70 heavy (non-hydrogen) atoms. The second kappa shape index (κ2) is 15.0. The van der Waals surface area contributed by atoms with Crippen LogP contribution in [-0.2, 0) is 0 Å². The molecule has 0 saturated heterocycles. The van der Waals surface area contributed by atoms with E-state index in [0.29, 0.717) is 0 Å². The van der Waals surface area contributed by atoms with Crippen molar-refractivity contribution in [3.8, 4) is 44.5 Å². The molecule has 0 nitrogen and oxygen atoms in total. The van der Waals surface area contributed by atoms with Crippen LogP contribution >= 0.6 is 0 Å². The Kier molecular flexibility index (Phi) is 9.11. The van der Waals surface area contributed by atoms with E-state index in [-0.39, 0.29) is 0 Å². The van der Waals surface area contributed by atoms with Crippen LogP contribution in [0, 0.1) is 83.1 Å². The van der Waals surface area contributed by atoms with Crippen LogP contribution in [0.4, 0.5) is 0 Å². The van der Waals surface area contributed by atoms with Gasteiger partial charge in [-0.3, -0.25) is 0 Å². The SMILES string of the molecule is Cc1cc(C)c(C2=c3ccc4c(c3-c3ccccc32)-c2cc3c(cc2C=4c2c(C)cc(C)cc2C)-c2c4c(ccc2=C3c2c(C)cc(C)cc2C)=C(c2c(C)cc(C)cc2C)c2ccccc2-4)c(C)c1. The number of hydrogen-bond donors (Lipinski definition) is 0. The summed E-state index contributed by atoms with van der Waals surface area (Å²) in [6, 6.07) is 52.6. The molecule has 0 radical (unpaired) electrons. The smallest absolute Gasteiger partial charge is 0.00134 e. The first-order valence-corrected chi connectivity index (χ1v) is 25.2. The summed E-state index contributed by atoms with van der Waals surface area (Å²) in [6.45, 7) is 27.4. The van der Waals surface area contributed by atoms with Crippen LogP contribution in [-0.4, -0.2) is 0 Å². The van der Waals surface area contributed by atoms with E-state index in [9.17, 15) is 0 Å². The first kappa shape index (κ1) is 42.6. The van der Waals surface area contributed by atoms with Crippen LogP contribution in [0.1, 0.15) is 111 Å². The molecule has 0 N–H and O–H groups in total. The van der Waals surface area contributed by atoms with Crippen molar-refractivity contribution in [2.75, 3.05) is 0 Å². The maximum atomic E-state index is 2.64. The van der Waals surface area contributed by atoms with Crippen molar-refractivity contribution >= 4 is 22.3 Å². The molecular weight excluding hydrogens is 841 g/mol. The molecule has 0 heteroatoms. The molecule has 13 rings (SSSR count). The first-order chi connectivity index (χ1) is 33.7. The summed E-state index contributed by atoms with van der Waals surface area (Å²) < 4.78 is 0. The van der Waals surface area contributed by atoms with Crippen molar-refractivity contribution in [3.63, 3.8) is 0 Å². The Bertz CT molecular complexity index is 3850. The quantitative estimate of drug-likeness (QED) is 0.165. The molecular formula is C70H58. The van der Waals surface area contributed by atoms with Crippen molar-refractivity contribution in [1.29, 1.82) is 0 Å². The van der Waals surface area contributed by atoms with Crippen LogP contribution in [0.3, 0.4) is 0 Å². The molecule has 9 aromatic rings. The minimum absolute atomic E-state index is 1.30. The highest BCUT2D eigenvalue weighted by Crippen LogP contribution is 2.52. The topological polar surface area (TPSA) is 0 Å². The van der Waals surface area contributed by atoms with Gasteiger partial charge in [-0.2, -0.15) is 0 Å². The van der Waals surface area contributed by atoms with Gasteiger partial charge in [-0.05, 0) is 272 Å². The number of aryl methyl sites for hydroxylation is 12. The predicted octanol–water partition coefficient (Wildman–Crippen LogP) is 14.3. The fourth-order valence-electron chi connectivity index (χ4n) is 14.4. The van der Waals surface area contributed by atoms with Gasteiger partial charge in [-0.15, -0.1) is 0 Å². The third-order valence-electron chi connectivity index (χ3n) is 16.4. The van der Waals surface area contributed by atoms with Gasteiger partial charge in [-0.25, -0.2) is 0 Å². The van der Waals surface area contributed by atoms with Crippen LogP contribution in [0.2, 0.25) is 0 Å². The van der Waals surface area contributed by atoms with Gasteiger partial charge < -0.3 is 0 Å². The van der Waals surface area contributed by atoms with Crippen LogP contribution in [0.25, 0.3) is 66.8 Å². The highest BCUT2D eigenvalue weighted by Gasteiger charge is 2.37. The second-order valence-corrected chi connectivity index (χ2v) is 21.5. The Morgan fingerprint density at radius 2 is 0.400 bits per heavy atom. The summed E-state index contributed by atoms with van der Waals surface area (Å²) in [6.07, 6.45) is 0. The van der Waals surface area contributed by atoms with Crippen molar-refractivity contribution in [1.82, 2.24) is 0 Å². The number of rotatable bonds is 4. The van der Waals surface area contributed by atoms with E-state index in [1.165, 1.54) is 199 Å². The summed E-state index contributed by atoms with van der Waals surface area (Å²) in [5.41, 5.74) is 42.7. The Hall–Kier alpha value is -7.54. The fourth-order valence-corrected chi connectivity index (χ4v) is 14.4. The number of hydrogen-bond acceptors (Lipinski definition) is 0. The lowest BCUT2D eigenvalue weighted by atomic mass is 9.85. The largest absolute Gasteiger partial charge is 0.0616 e. The Morgan fingerprint density at radius 3 is 0.657 bits per heavy atom. The molecule has 0 bridgehead atoms. The Labute approximate surface area is 413 Å². The molecule has 0 heterocycles. The molecule has 0 unspecified atom stereocenters. The standard InChI is InChI=1S/C70H58/c1-35-25-39(5)59(40(6)26-35)63-47-17-13-15-19-49(47)65-51(63)21-23-53-67(61-43(9)29-37(3)30-44(61)10)55-34-58-56(33-57(55)69(53)65)68(62-45(11)31-38(4)32-46(62)12)54-24-22-52-64(60-41(7)27-36(2)28-42(60)8)48-18-14-16-20-50(48)66(52)70(54)58/h13-34H,1-12H3. The zero-order valence-electron chi connectivity index (χ0n) is 42.7. The molecule has 0 atom stereocenters. The highest BCUT2D eigenvalue weighted by molar-refractivity contribution is 6.12. The van der Waals surface area contributed by atoms with E-state index in [4.69, 9.17) is 0 Å². The zero-order valence-corrected chi connectivity index (χ0v) is 42.7. The van der Waals surface area contributed by atoms with Gasteiger partial charge in [-0.1, -0.05) is 144 Å². The van der Waals surface area contributed by atoms with E-state index >= 15 is 0 Å². The summed E-state index contributed by atoms with van der Waals surface area (Å²) in [5, 5.41) is 5.32. The molecule has 9 aromatic carbocycles. The average Bonchev–Trinajstić information content (AvgIpc) is 4.00. The third-order valence-corrected chi connectivity index (χ3v) is 16.4. The molecule has 0 fully saturated rings. The van der Waals surface area contributed by atoms with Gasteiger partial charge in [0.25, 0.3) is 0 Å². The minimum atomic E-state index is 1.30. The highest BCUT2D eigenvalue weighted by atomic mass is 14.4. The molecule has 0 spiro atoms. The lowest BCUT2D eigenvalue weighted by molar-refractivity contribution is 1.28.